The van der Waals surface area contributed by atoms with Crippen molar-refractivity contribution >= 4 is 11.6 Å². The number of nitrogens with zero attached hydrogens (tertiary/aromatic N) is 2. The van der Waals surface area contributed by atoms with Gasteiger partial charge in [0.25, 0.3) is 5.91 Å². The van der Waals surface area contributed by atoms with Gasteiger partial charge < -0.3 is 14.5 Å². The number of aryl methyl sites for hydroxylation is 2. The number of carbonyl (C=O) groups is 1. The number of aromatic nitrogens is 2. The van der Waals surface area contributed by atoms with Crippen molar-refractivity contribution in [3.8, 4) is 17.2 Å². The van der Waals surface area contributed by atoms with Gasteiger partial charge in [0.15, 0.2) is 0 Å². The van der Waals surface area contributed by atoms with Crippen LogP contribution in [0.2, 0.25) is 0 Å². The third kappa shape index (κ3) is 4.55. The van der Waals surface area contributed by atoms with Gasteiger partial charge in [-0.05, 0) is 56.3 Å². The monoisotopic (exact) mass is 399 g/mol. The molecular weight excluding hydrogens is 378 g/mol. The van der Waals surface area contributed by atoms with Crippen LogP contribution in [0.1, 0.15) is 27.4 Å². The first-order valence-electron chi connectivity index (χ1n) is 9.56. The predicted molar refractivity (Wildman–Crippen MR) is 114 cm³/mol. The third-order valence-corrected chi connectivity index (χ3v) is 4.62. The van der Waals surface area contributed by atoms with Crippen LogP contribution in [0.15, 0.2) is 77.5 Å². The summed E-state index contributed by atoms with van der Waals surface area (Å²) >= 11 is 0. The van der Waals surface area contributed by atoms with Crippen LogP contribution in [0.3, 0.4) is 0 Å². The predicted octanol–water partition coefficient (Wildman–Crippen LogP) is 5.18. The Hall–Kier alpha value is -3.93. The lowest BCUT2D eigenvalue weighted by Crippen LogP contribution is -2.12. The zero-order chi connectivity index (χ0) is 20.9. The topological polar surface area (TPSA) is 77.2 Å². The van der Waals surface area contributed by atoms with Gasteiger partial charge in [-0.25, -0.2) is 4.98 Å². The number of oxazole rings is 1. The molecule has 6 nitrogen and oxygen atoms in total. The number of carbonyl (C=O) groups excluding carboxylic acids is 1. The molecule has 30 heavy (non-hydrogen) atoms. The summed E-state index contributed by atoms with van der Waals surface area (Å²) in [6.07, 6.45) is 3.47. The Morgan fingerprint density at radius 1 is 1.07 bits per heavy atom. The first-order valence-corrected chi connectivity index (χ1v) is 9.56. The van der Waals surface area contributed by atoms with Crippen LogP contribution in [0, 0.1) is 13.8 Å². The molecule has 0 spiro atoms. The molecular formula is C24H21N3O3. The first-order chi connectivity index (χ1) is 14.6. The van der Waals surface area contributed by atoms with E-state index >= 15 is 0 Å². The van der Waals surface area contributed by atoms with Crippen LogP contribution in [-0.2, 0) is 6.61 Å². The minimum Gasteiger partial charge on any atom is -0.489 e. The van der Waals surface area contributed by atoms with E-state index in [9.17, 15) is 4.79 Å². The quantitative estimate of drug-likeness (QED) is 0.483. The summed E-state index contributed by atoms with van der Waals surface area (Å²) in [5, 5.41) is 2.92. The molecule has 0 aliphatic heterocycles. The molecule has 0 fully saturated rings. The molecule has 1 amide bonds. The van der Waals surface area contributed by atoms with E-state index in [1.165, 1.54) is 0 Å². The number of amides is 1. The molecule has 0 aliphatic carbocycles. The van der Waals surface area contributed by atoms with Crippen LogP contribution < -0.4 is 10.1 Å². The Morgan fingerprint density at radius 2 is 1.93 bits per heavy atom. The molecule has 2 aromatic heterocycles. The molecule has 2 aromatic carbocycles. The zero-order valence-corrected chi connectivity index (χ0v) is 16.8. The molecule has 0 saturated carbocycles. The molecule has 4 rings (SSSR count). The fourth-order valence-electron chi connectivity index (χ4n) is 2.91. The maximum Gasteiger partial charge on any atom is 0.255 e. The Balaban J connectivity index is 1.45. The number of hydrogen-bond acceptors (Lipinski definition) is 5. The highest BCUT2D eigenvalue weighted by molar-refractivity contribution is 6.04. The standard InChI is InChI=1S/C24H21N3O3/c1-16-17(2)30-24(26-16)20-8-3-9-21(12-20)27-23(28)19-7-4-10-22(13-19)29-15-18-6-5-11-25-14-18/h3-14H,15H2,1-2H3,(H,27,28). The average molecular weight is 399 g/mol. The molecule has 1 N–H and O–H groups in total. The van der Waals surface area contributed by atoms with Gasteiger partial charge in [0.2, 0.25) is 5.89 Å². The zero-order valence-electron chi connectivity index (χ0n) is 16.8. The Labute approximate surface area is 174 Å². The number of pyridine rings is 1. The van der Waals surface area contributed by atoms with Gasteiger partial charge >= 0.3 is 0 Å². The highest BCUT2D eigenvalue weighted by atomic mass is 16.5. The van der Waals surface area contributed by atoms with Crippen LogP contribution in [0.25, 0.3) is 11.5 Å². The molecule has 4 aromatic rings. The van der Waals surface area contributed by atoms with Crippen molar-refractivity contribution in [3.05, 3.63) is 95.6 Å². The molecule has 6 heteroatoms. The molecule has 0 bridgehead atoms. The molecule has 2 heterocycles. The molecule has 150 valence electrons. The normalized spacial score (nSPS) is 10.6. The van der Waals surface area contributed by atoms with Gasteiger partial charge in [-0.1, -0.05) is 18.2 Å². The van der Waals surface area contributed by atoms with Gasteiger partial charge in [-0.15, -0.1) is 0 Å². The number of anilines is 1. The number of benzene rings is 2. The second-order valence-electron chi connectivity index (χ2n) is 6.87. The molecule has 0 atom stereocenters. The molecule has 0 radical (unpaired) electrons. The van der Waals surface area contributed by atoms with E-state index in [0.29, 0.717) is 29.5 Å². The van der Waals surface area contributed by atoms with Gasteiger partial charge in [-0.2, -0.15) is 0 Å². The number of rotatable bonds is 6. The Kier molecular flexibility index (Phi) is 5.57. The van der Waals surface area contributed by atoms with E-state index in [-0.39, 0.29) is 5.91 Å². The lowest BCUT2D eigenvalue weighted by atomic mass is 10.1. The number of ether oxygens (including phenoxy) is 1. The Bertz CT molecular complexity index is 1150. The van der Waals surface area contributed by atoms with Gasteiger partial charge in [-0.3, -0.25) is 9.78 Å². The molecule has 0 saturated heterocycles. The first kappa shape index (κ1) is 19.4. The van der Waals surface area contributed by atoms with Gasteiger partial charge in [0.1, 0.15) is 18.1 Å². The number of nitrogens with one attached hydrogen (secondary N) is 1. The molecule has 0 aliphatic rings. The van der Waals surface area contributed by atoms with Crippen molar-refractivity contribution in [3.63, 3.8) is 0 Å². The summed E-state index contributed by atoms with van der Waals surface area (Å²) < 4.78 is 11.5. The van der Waals surface area contributed by atoms with Crippen LogP contribution in [-0.4, -0.2) is 15.9 Å². The summed E-state index contributed by atoms with van der Waals surface area (Å²) in [6.45, 7) is 4.16. The lowest BCUT2D eigenvalue weighted by Gasteiger charge is -2.09. The van der Waals surface area contributed by atoms with E-state index in [4.69, 9.17) is 9.15 Å². The number of hydrogen-bond donors (Lipinski definition) is 1. The summed E-state index contributed by atoms with van der Waals surface area (Å²) in [5.41, 5.74) is 3.78. The van der Waals surface area contributed by atoms with Crippen molar-refractivity contribution in [1.82, 2.24) is 9.97 Å². The summed E-state index contributed by atoms with van der Waals surface area (Å²) in [4.78, 5) is 21.2. The fourth-order valence-corrected chi connectivity index (χ4v) is 2.91. The van der Waals surface area contributed by atoms with E-state index in [0.717, 1.165) is 22.6 Å². The van der Waals surface area contributed by atoms with E-state index < -0.39 is 0 Å². The van der Waals surface area contributed by atoms with E-state index in [1.807, 2.05) is 56.3 Å². The second-order valence-corrected chi connectivity index (χ2v) is 6.87. The van der Waals surface area contributed by atoms with Gasteiger partial charge in [0, 0.05) is 34.8 Å². The fraction of sp³-hybridized carbons (Fsp3) is 0.125. The minimum atomic E-state index is -0.223. The van der Waals surface area contributed by atoms with Crippen molar-refractivity contribution in [1.29, 1.82) is 0 Å². The van der Waals surface area contributed by atoms with E-state index in [1.54, 1.807) is 30.6 Å². The highest BCUT2D eigenvalue weighted by Crippen LogP contribution is 2.24. The van der Waals surface area contributed by atoms with Crippen LogP contribution in [0.4, 0.5) is 5.69 Å². The maximum atomic E-state index is 12.7. The average Bonchev–Trinajstić information content (AvgIpc) is 3.12. The van der Waals surface area contributed by atoms with Crippen LogP contribution >= 0.6 is 0 Å². The van der Waals surface area contributed by atoms with Crippen molar-refractivity contribution in [2.75, 3.05) is 5.32 Å². The summed E-state index contributed by atoms with van der Waals surface area (Å²) in [7, 11) is 0. The minimum absolute atomic E-state index is 0.223. The lowest BCUT2D eigenvalue weighted by molar-refractivity contribution is 0.102. The smallest absolute Gasteiger partial charge is 0.255 e. The summed E-state index contributed by atoms with van der Waals surface area (Å²) in [6, 6.07) is 18.3. The SMILES string of the molecule is Cc1nc(-c2cccc(NC(=O)c3cccc(OCc4cccnc4)c3)c2)oc1C. The van der Waals surface area contributed by atoms with Gasteiger partial charge in [0.05, 0.1) is 5.69 Å². The maximum absolute atomic E-state index is 12.7. The van der Waals surface area contributed by atoms with Crippen molar-refractivity contribution in [2.24, 2.45) is 0 Å². The van der Waals surface area contributed by atoms with E-state index in [2.05, 4.69) is 15.3 Å². The Morgan fingerprint density at radius 3 is 2.70 bits per heavy atom. The third-order valence-electron chi connectivity index (χ3n) is 4.62. The second kappa shape index (κ2) is 8.61. The molecule has 0 unspecified atom stereocenters. The summed E-state index contributed by atoms with van der Waals surface area (Å²) in [5.74, 6) is 1.71. The largest absolute Gasteiger partial charge is 0.489 e. The van der Waals surface area contributed by atoms with Crippen molar-refractivity contribution < 1.29 is 13.9 Å². The van der Waals surface area contributed by atoms with Crippen LogP contribution in [0.5, 0.6) is 5.75 Å². The van der Waals surface area contributed by atoms with Crippen molar-refractivity contribution in [2.45, 2.75) is 20.5 Å². The highest BCUT2D eigenvalue weighted by Gasteiger charge is 2.11.